The Labute approximate surface area is 297 Å². The van der Waals surface area contributed by atoms with E-state index in [0.717, 1.165) is 60.5 Å². The van der Waals surface area contributed by atoms with Crippen LogP contribution in [-0.2, 0) is 0 Å². The average Bonchev–Trinajstić information content (AvgIpc) is 3.62. The van der Waals surface area contributed by atoms with Crippen molar-refractivity contribution in [3.63, 3.8) is 0 Å². The number of oxime groups is 2. The molecule has 6 aromatic rings. The molecule has 2 heterocycles. The first-order chi connectivity index (χ1) is 23.4. The number of phenols is 2. The van der Waals surface area contributed by atoms with Gasteiger partial charge in [-0.1, -0.05) is 64.4 Å². The smallest absolute Gasteiger partial charge is 0.170 e. The molecule has 8 N–H and O–H groups in total. The number of thiophene rings is 2. The van der Waals surface area contributed by atoms with Crippen LogP contribution in [0.5, 0.6) is 11.5 Å². The SMILES string of the molecule is Cc1csc(C)c1-c1c(C(N)=NO)cc(Cl)cc1-c1ccc(O)cc1.Cc1csc(C)c1-c1c(C(N)=NO)cccc1-c1ccc(O)cc1. The van der Waals surface area contributed by atoms with Crippen molar-refractivity contribution in [3.8, 4) is 56.0 Å². The Hall–Kier alpha value is -5.29. The van der Waals surface area contributed by atoms with Gasteiger partial charge in [0.05, 0.1) is 0 Å². The molecule has 0 aliphatic rings. The molecule has 0 amide bonds. The monoisotopic (exact) mass is 710 g/mol. The minimum absolute atomic E-state index is 0.00234. The Bertz CT molecular complexity index is 2150. The van der Waals surface area contributed by atoms with Gasteiger partial charge in [-0.15, -0.1) is 22.7 Å². The number of halogens is 1. The van der Waals surface area contributed by atoms with Crippen molar-refractivity contribution in [1.82, 2.24) is 0 Å². The van der Waals surface area contributed by atoms with E-state index in [1.165, 1.54) is 4.88 Å². The number of hydrogen-bond donors (Lipinski definition) is 6. The Morgan fingerprint density at radius 3 is 1.49 bits per heavy atom. The zero-order valence-electron chi connectivity index (χ0n) is 27.2. The molecule has 0 spiro atoms. The number of benzene rings is 4. The molecule has 2 aromatic heterocycles. The molecule has 0 saturated heterocycles. The molecule has 0 bridgehead atoms. The maximum Gasteiger partial charge on any atom is 0.170 e. The highest BCUT2D eigenvalue weighted by molar-refractivity contribution is 7.10. The van der Waals surface area contributed by atoms with E-state index in [1.54, 1.807) is 53.0 Å². The lowest BCUT2D eigenvalue weighted by Crippen LogP contribution is -2.15. The number of aryl methyl sites for hydroxylation is 4. The quantitative estimate of drug-likeness (QED) is 0.0437. The van der Waals surface area contributed by atoms with Gasteiger partial charge in [-0.2, -0.15) is 0 Å². The first kappa shape index (κ1) is 35.0. The minimum atomic E-state index is 0.00234. The topological polar surface area (TPSA) is 158 Å². The summed E-state index contributed by atoms with van der Waals surface area (Å²) in [6, 6.07) is 23.2. The second-order valence-corrected chi connectivity index (χ2v) is 14.0. The fourth-order valence-corrected chi connectivity index (χ4v) is 7.79. The van der Waals surface area contributed by atoms with Crippen molar-refractivity contribution in [1.29, 1.82) is 0 Å². The fraction of sp³-hybridized carbons (Fsp3) is 0.105. The van der Waals surface area contributed by atoms with E-state index in [-0.39, 0.29) is 23.2 Å². The molecule has 0 saturated carbocycles. The van der Waals surface area contributed by atoms with Crippen LogP contribution in [0.4, 0.5) is 0 Å². The predicted octanol–water partition coefficient (Wildman–Crippen LogP) is 9.65. The standard InChI is InChI=1S/C19H17ClN2O2S.C19H18N2O2S/c1-10-9-25-11(2)17(10)18-15(12-3-5-14(23)6-4-12)7-13(20)8-16(18)19(21)22-24;1-11-10-24-12(2)17(11)18-15(13-6-8-14(22)9-7-13)4-3-5-16(18)19(20)21-23/h3-9,23-24H,1-2H3,(H2,21,22);3-10,22-23H,1-2H3,(H2,20,21). The molecule has 49 heavy (non-hydrogen) atoms. The Balaban J connectivity index is 0.000000191. The molecule has 0 aliphatic heterocycles. The van der Waals surface area contributed by atoms with Crippen LogP contribution in [0.25, 0.3) is 44.5 Å². The van der Waals surface area contributed by atoms with E-state index in [1.807, 2.05) is 62.4 Å². The van der Waals surface area contributed by atoms with Crippen molar-refractivity contribution >= 4 is 45.9 Å². The highest BCUT2D eigenvalue weighted by Crippen LogP contribution is 2.43. The van der Waals surface area contributed by atoms with Gasteiger partial charge >= 0.3 is 0 Å². The third kappa shape index (κ3) is 7.26. The highest BCUT2D eigenvalue weighted by Gasteiger charge is 2.22. The normalized spacial score (nSPS) is 11.7. The van der Waals surface area contributed by atoms with Gasteiger partial charge in [-0.3, -0.25) is 0 Å². The number of nitrogens with zero attached hydrogens (tertiary/aromatic N) is 2. The molecule has 8 nitrogen and oxygen atoms in total. The second kappa shape index (κ2) is 14.9. The lowest BCUT2D eigenvalue weighted by atomic mass is 9.88. The van der Waals surface area contributed by atoms with Gasteiger partial charge in [0, 0.05) is 37.0 Å². The molecule has 11 heteroatoms. The van der Waals surface area contributed by atoms with Crippen LogP contribution < -0.4 is 11.5 Å². The largest absolute Gasteiger partial charge is 0.508 e. The number of amidine groups is 2. The number of hydrogen-bond acceptors (Lipinski definition) is 8. The van der Waals surface area contributed by atoms with Crippen LogP contribution in [0.2, 0.25) is 5.02 Å². The van der Waals surface area contributed by atoms with Gasteiger partial charge < -0.3 is 32.1 Å². The Morgan fingerprint density at radius 1 is 0.592 bits per heavy atom. The lowest BCUT2D eigenvalue weighted by Gasteiger charge is -2.17. The van der Waals surface area contributed by atoms with E-state index in [9.17, 15) is 20.6 Å². The van der Waals surface area contributed by atoms with Crippen molar-refractivity contribution in [2.24, 2.45) is 21.8 Å². The van der Waals surface area contributed by atoms with Crippen molar-refractivity contribution in [2.75, 3.05) is 0 Å². The molecule has 6 rings (SSSR count). The summed E-state index contributed by atoms with van der Waals surface area (Å²) in [7, 11) is 0. The van der Waals surface area contributed by atoms with E-state index >= 15 is 0 Å². The molecule has 0 unspecified atom stereocenters. The molecular formula is C38H35ClN4O4S2. The highest BCUT2D eigenvalue weighted by atomic mass is 35.5. The van der Waals surface area contributed by atoms with Crippen LogP contribution in [-0.4, -0.2) is 32.3 Å². The minimum Gasteiger partial charge on any atom is -0.508 e. The van der Waals surface area contributed by atoms with Crippen molar-refractivity contribution in [3.05, 3.63) is 127 Å². The predicted molar refractivity (Wildman–Crippen MR) is 203 cm³/mol. The fourth-order valence-electron chi connectivity index (χ4n) is 5.86. The number of rotatable bonds is 6. The zero-order valence-corrected chi connectivity index (χ0v) is 29.6. The van der Waals surface area contributed by atoms with E-state index in [4.69, 9.17) is 23.1 Å². The van der Waals surface area contributed by atoms with E-state index in [2.05, 4.69) is 34.9 Å². The third-order valence-corrected chi connectivity index (χ3v) is 10.4. The first-order valence-electron chi connectivity index (χ1n) is 15.1. The van der Waals surface area contributed by atoms with Crippen LogP contribution in [0.3, 0.4) is 0 Å². The van der Waals surface area contributed by atoms with Gasteiger partial charge in [0.25, 0.3) is 0 Å². The summed E-state index contributed by atoms with van der Waals surface area (Å²) >= 11 is 9.63. The van der Waals surface area contributed by atoms with E-state index in [0.29, 0.717) is 16.1 Å². The van der Waals surface area contributed by atoms with Gasteiger partial charge in [0.2, 0.25) is 0 Å². The molecule has 0 radical (unpaired) electrons. The molecule has 0 fully saturated rings. The maximum absolute atomic E-state index is 9.58. The summed E-state index contributed by atoms with van der Waals surface area (Å²) in [5.41, 5.74) is 23.0. The Kier molecular flexibility index (Phi) is 10.6. The van der Waals surface area contributed by atoms with Gasteiger partial charge in [-0.25, -0.2) is 0 Å². The summed E-state index contributed by atoms with van der Waals surface area (Å²) in [5.74, 6) is 0.487. The summed E-state index contributed by atoms with van der Waals surface area (Å²) < 4.78 is 0. The summed E-state index contributed by atoms with van der Waals surface area (Å²) in [6.07, 6.45) is 0. The maximum atomic E-state index is 9.58. The number of nitrogens with two attached hydrogens (primary N) is 2. The zero-order chi connectivity index (χ0) is 35.4. The van der Waals surface area contributed by atoms with Crippen LogP contribution in [0.15, 0.2) is 99.9 Å². The van der Waals surface area contributed by atoms with Crippen molar-refractivity contribution in [2.45, 2.75) is 27.7 Å². The molecular weight excluding hydrogens is 676 g/mol. The molecule has 250 valence electrons. The first-order valence-corrected chi connectivity index (χ1v) is 17.2. The lowest BCUT2D eigenvalue weighted by molar-refractivity contribution is 0.318. The summed E-state index contributed by atoms with van der Waals surface area (Å²) in [5, 5.41) is 48.6. The van der Waals surface area contributed by atoms with Gasteiger partial charge in [0.15, 0.2) is 11.7 Å². The number of phenolic OH excluding ortho intramolecular Hbond substituents is 2. The van der Waals surface area contributed by atoms with Crippen molar-refractivity contribution < 1.29 is 20.6 Å². The number of aromatic hydroxyl groups is 2. The van der Waals surface area contributed by atoms with Gasteiger partial charge in [0.1, 0.15) is 11.5 Å². The molecule has 4 aromatic carbocycles. The summed E-state index contributed by atoms with van der Waals surface area (Å²) in [4.78, 5) is 2.30. The molecule has 0 aliphatic carbocycles. The van der Waals surface area contributed by atoms with Crippen LogP contribution in [0, 0.1) is 27.7 Å². The van der Waals surface area contributed by atoms with Crippen LogP contribution in [0.1, 0.15) is 32.0 Å². The third-order valence-electron chi connectivity index (χ3n) is 8.11. The Morgan fingerprint density at radius 2 is 1.04 bits per heavy atom. The second-order valence-electron chi connectivity index (χ2n) is 11.4. The van der Waals surface area contributed by atoms with Gasteiger partial charge in [-0.05, 0) is 119 Å². The molecule has 0 atom stereocenters. The van der Waals surface area contributed by atoms with Crippen LogP contribution >= 0.6 is 34.3 Å². The summed E-state index contributed by atoms with van der Waals surface area (Å²) in [6.45, 7) is 8.20. The average molecular weight is 711 g/mol. The van der Waals surface area contributed by atoms with E-state index < -0.39 is 0 Å².